The van der Waals surface area contributed by atoms with E-state index in [0.717, 1.165) is 0 Å². The first-order chi connectivity index (χ1) is 22.8. The molecular weight excluding hydrogens is 553 g/mol. The van der Waals surface area contributed by atoms with Gasteiger partial charge in [0, 0.05) is 0 Å². The zero-order valence-corrected chi connectivity index (χ0v) is 25.0. The van der Waals surface area contributed by atoms with Crippen LogP contribution in [-0.2, 0) is 0 Å². The minimum absolute atomic E-state index is 1.30. The van der Waals surface area contributed by atoms with E-state index in [1.807, 2.05) is 0 Å². The van der Waals surface area contributed by atoms with Gasteiger partial charge in [0.05, 0.1) is 0 Å². The average molecular weight is 579 g/mol. The lowest BCUT2D eigenvalue weighted by Gasteiger charge is -2.20. The van der Waals surface area contributed by atoms with Gasteiger partial charge in [0.15, 0.2) is 0 Å². The first-order valence-corrected chi connectivity index (χ1v) is 16.1. The molecule has 0 nitrogen and oxygen atoms in total. The molecule has 0 aromatic heterocycles. The fourth-order valence-corrected chi connectivity index (χ4v) is 8.48. The second-order valence-electron chi connectivity index (χ2n) is 12.8. The van der Waals surface area contributed by atoms with Gasteiger partial charge in [-0.1, -0.05) is 158 Å². The maximum absolute atomic E-state index is 2.27. The Labute approximate surface area is 264 Å². The third-order valence-electron chi connectivity index (χ3n) is 10.5. The molecule has 0 bridgehead atoms. The smallest absolute Gasteiger partial charge is 0.00139 e. The van der Waals surface area contributed by atoms with Gasteiger partial charge in [-0.25, -0.2) is 0 Å². The molecule has 0 aliphatic rings. The molecule has 0 aliphatic carbocycles. The van der Waals surface area contributed by atoms with Gasteiger partial charge in [-0.15, -0.1) is 0 Å². The Bertz CT molecular complexity index is 2640. The lowest BCUT2D eigenvalue weighted by molar-refractivity contribution is 1.78. The van der Waals surface area contributed by atoms with Gasteiger partial charge in [0.2, 0.25) is 0 Å². The summed E-state index contributed by atoms with van der Waals surface area (Å²) in [6, 6.07) is 58.0. The van der Waals surface area contributed by atoms with Crippen LogP contribution in [0.2, 0.25) is 0 Å². The van der Waals surface area contributed by atoms with E-state index in [4.69, 9.17) is 0 Å². The molecule has 0 amide bonds. The van der Waals surface area contributed by atoms with Crippen molar-refractivity contribution in [2.24, 2.45) is 0 Å². The van der Waals surface area contributed by atoms with E-state index >= 15 is 0 Å². The van der Waals surface area contributed by atoms with Gasteiger partial charge in [-0.3, -0.25) is 0 Å². The number of benzene rings is 12. The van der Waals surface area contributed by atoms with E-state index in [2.05, 4.69) is 158 Å². The van der Waals surface area contributed by atoms with E-state index < -0.39 is 0 Å². The summed E-state index contributed by atoms with van der Waals surface area (Å²) in [5.41, 5.74) is 0. The molecule has 0 radical (unpaired) electrons. The van der Waals surface area contributed by atoms with Crippen molar-refractivity contribution in [1.29, 1.82) is 0 Å². The Morgan fingerprint density at radius 1 is 0.152 bits per heavy atom. The SMILES string of the molecule is c1cc2ccc3ccc4ccc5ccc6ccc1c1c2c3c4c5c61.c1ccc2c(c1)ccc1c2ccc2c3ccccc3ccc21. The molecule has 12 aromatic rings. The van der Waals surface area contributed by atoms with Crippen molar-refractivity contribution >= 4 is 108 Å². The minimum Gasteiger partial charge on any atom is -0.0616 e. The van der Waals surface area contributed by atoms with Crippen LogP contribution < -0.4 is 0 Å². The Morgan fingerprint density at radius 3 is 0.674 bits per heavy atom. The van der Waals surface area contributed by atoms with Crippen molar-refractivity contribution in [2.75, 3.05) is 0 Å². The largest absolute Gasteiger partial charge is 0.0616 e. The van der Waals surface area contributed by atoms with Crippen LogP contribution in [0.15, 0.2) is 158 Å². The molecule has 0 fully saturated rings. The summed E-state index contributed by atoms with van der Waals surface area (Å²) in [7, 11) is 0. The Morgan fingerprint density at radius 2 is 0.370 bits per heavy atom. The van der Waals surface area contributed by atoms with Gasteiger partial charge in [-0.05, 0) is 108 Å². The summed E-state index contributed by atoms with van der Waals surface area (Å²) in [6.45, 7) is 0. The zero-order chi connectivity index (χ0) is 29.9. The Balaban J connectivity index is 0.000000114. The normalized spacial score (nSPS) is 12.3. The van der Waals surface area contributed by atoms with Crippen LogP contribution in [0.25, 0.3) is 108 Å². The molecule has 0 atom stereocenters. The number of fused-ring (bicyclic) bond motifs is 7. The number of hydrogen-bond donors (Lipinski definition) is 0. The van der Waals surface area contributed by atoms with Crippen LogP contribution in [0, 0.1) is 0 Å². The fourth-order valence-electron chi connectivity index (χ4n) is 8.48. The summed E-state index contributed by atoms with van der Waals surface area (Å²) in [5.74, 6) is 0. The molecule has 46 heavy (non-hydrogen) atoms. The number of hydrogen-bond acceptors (Lipinski definition) is 0. The maximum Gasteiger partial charge on any atom is -0.00139 e. The van der Waals surface area contributed by atoms with Crippen LogP contribution in [-0.4, -0.2) is 0 Å². The van der Waals surface area contributed by atoms with Crippen molar-refractivity contribution in [2.45, 2.75) is 0 Å². The molecule has 210 valence electrons. The Kier molecular flexibility index (Phi) is 4.66. The van der Waals surface area contributed by atoms with Crippen LogP contribution in [0.4, 0.5) is 0 Å². The molecule has 0 saturated heterocycles. The predicted octanol–water partition coefficient (Wildman–Crippen LogP) is 13.2. The second kappa shape index (κ2) is 8.81. The lowest BCUT2D eigenvalue weighted by atomic mass is 9.83. The van der Waals surface area contributed by atoms with Gasteiger partial charge in [-0.2, -0.15) is 0 Å². The molecular formula is C46H26. The summed E-state index contributed by atoms with van der Waals surface area (Å²) in [5, 5.41) is 27.3. The molecule has 0 unspecified atom stereocenters. The average Bonchev–Trinajstić information content (AvgIpc) is 3.13. The molecule has 0 aliphatic heterocycles. The maximum atomic E-state index is 2.27. The minimum atomic E-state index is 1.30. The fraction of sp³-hybridized carbons (Fsp3) is 0. The van der Waals surface area contributed by atoms with Gasteiger partial charge in [0.25, 0.3) is 0 Å². The molecule has 12 rings (SSSR count). The highest BCUT2D eigenvalue weighted by atomic mass is 14.2. The highest BCUT2D eigenvalue weighted by Gasteiger charge is 2.19. The molecule has 0 heteroatoms. The lowest BCUT2D eigenvalue weighted by Crippen LogP contribution is -1.91. The van der Waals surface area contributed by atoms with Gasteiger partial charge in [0.1, 0.15) is 0 Å². The van der Waals surface area contributed by atoms with E-state index in [-0.39, 0.29) is 0 Å². The van der Waals surface area contributed by atoms with E-state index in [9.17, 15) is 0 Å². The van der Waals surface area contributed by atoms with Crippen LogP contribution >= 0.6 is 0 Å². The monoisotopic (exact) mass is 578 g/mol. The summed E-state index contributed by atoms with van der Waals surface area (Å²) in [6.07, 6.45) is 0. The van der Waals surface area contributed by atoms with Crippen molar-refractivity contribution in [1.82, 2.24) is 0 Å². The third-order valence-corrected chi connectivity index (χ3v) is 10.5. The highest BCUT2D eigenvalue weighted by Crippen LogP contribution is 2.48. The van der Waals surface area contributed by atoms with Crippen LogP contribution in [0.3, 0.4) is 0 Å². The van der Waals surface area contributed by atoms with Crippen molar-refractivity contribution in [3.05, 3.63) is 158 Å². The highest BCUT2D eigenvalue weighted by molar-refractivity contribution is 6.44. The van der Waals surface area contributed by atoms with Crippen LogP contribution in [0.1, 0.15) is 0 Å². The van der Waals surface area contributed by atoms with E-state index in [1.54, 1.807) is 0 Å². The van der Waals surface area contributed by atoms with Gasteiger partial charge < -0.3 is 0 Å². The summed E-state index contributed by atoms with van der Waals surface area (Å²) >= 11 is 0. The zero-order valence-electron chi connectivity index (χ0n) is 25.0. The molecule has 0 N–H and O–H groups in total. The van der Waals surface area contributed by atoms with Crippen LogP contribution in [0.5, 0.6) is 0 Å². The predicted molar refractivity (Wildman–Crippen MR) is 202 cm³/mol. The topological polar surface area (TPSA) is 0 Å². The number of rotatable bonds is 0. The quantitative estimate of drug-likeness (QED) is 0.124. The van der Waals surface area contributed by atoms with Crippen molar-refractivity contribution < 1.29 is 0 Å². The van der Waals surface area contributed by atoms with E-state index in [1.165, 1.54) is 108 Å². The Hall–Kier alpha value is -5.98. The molecule has 0 spiro atoms. The molecule has 0 saturated carbocycles. The molecule has 0 heterocycles. The molecule has 12 aromatic carbocycles. The van der Waals surface area contributed by atoms with Crippen molar-refractivity contribution in [3.63, 3.8) is 0 Å². The second-order valence-corrected chi connectivity index (χ2v) is 12.8. The van der Waals surface area contributed by atoms with Gasteiger partial charge >= 0.3 is 0 Å². The third kappa shape index (κ3) is 3.13. The van der Waals surface area contributed by atoms with Crippen molar-refractivity contribution in [3.8, 4) is 0 Å². The summed E-state index contributed by atoms with van der Waals surface area (Å²) in [4.78, 5) is 0. The first kappa shape index (κ1) is 24.4. The first-order valence-electron chi connectivity index (χ1n) is 16.1. The summed E-state index contributed by atoms with van der Waals surface area (Å²) < 4.78 is 0. The van der Waals surface area contributed by atoms with E-state index in [0.29, 0.717) is 0 Å². The standard InChI is InChI=1S/C24H12.C22H14/c1-2-14-5-6-16-9-11-18-12-10-17-8-7-15-4-3-13(1)19-20(14)22(16)24(18)23(17)21(15)19;1-3-7-17-15(5-1)9-11-21-19(17)13-14-20-18-8-4-2-6-16(18)10-12-22(20)21/h1-12H;1-14H.